The van der Waals surface area contributed by atoms with Gasteiger partial charge in [-0.05, 0) is 24.3 Å². The van der Waals surface area contributed by atoms with Gasteiger partial charge in [0.05, 0.1) is 11.4 Å². The molecule has 0 saturated carbocycles. The van der Waals surface area contributed by atoms with E-state index in [-0.39, 0.29) is 11.0 Å². The number of aromatic nitrogens is 2. The van der Waals surface area contributed by atoms with Gasteiger partial charge in [-0.1, -0.05) is 32.4 Å². The summed E-state index contributed by atoms with van der Waals surface area (Å²) >= 11 is 5.79. The smallest absolute Gasteiger partial charge is 0.292 e. The maximum atomic E-state index is 11.7. The van der Waals surface area contributed by atoms with Gasteiger partial charge in [0.15, 0.2) is 5.69 Å². The number of benzene rings is 1. The minimum absolute atomic E-state index is 0.215. The van der Waals surface area contributed by atoms with E-state index in [2.05, 4.69) is 20.4 Å². The molecule has 1 heterocycles. The van der Waals surface area contributed by atoms with Crippen molar-refractivity contribution in [1.82, 2.24) is 10.2 Å². The highest BCUT2D eigenvalue weighted by molar-refractivity contribution is 6.30. The van der Waals surface area contributed by atoms with Gasteiger partial charge in [-0.3, -0.25) is 15.0 Å². The van der Waals surface area contributed by atoms with Crippen LogP contribution in [0.3, 0.4) is 0 Å². The molecule has 2 aromatic rings. The molecule has 0 fully saturated rings. The second kappa shape index (κ2) is 5.01. The van der Waals surface area contributed by atoms with E-state index >= 15 is 0 Å². The number of aromatic amines is 2. The average molecular weight is 279 g/mol. The second-order valence-corrected chi connectivity index (χ2v) is 5.67. The highest BCUT2D eigenvalue weighted by atomic mass is 35.5. The lowest BCUT2D eigenvalue weighted by atomic mass is 9.91. The van der Waals surface area contributed by atoms with Crippen molar-refractivity contribution < 1.29 is 0 Å². The Morgan fingerprint density at radius 1 is 1.05 bits per heavy atom. The van der Waals surface area contributed by atoms with Crippen molar-refractivity contribution in [3.8, 4) is 0 Å². The van der Waals surface area contributed by atoms with Crippen LogP contribution in [-0.4, -0.2) is 10.2 Å². The number of azo groups is 1. The van der Waals surface area contributed by atoms with Crippen LogP contribution in [0, 0.1) is 0 Å². The summed E-state index contributed by atoms with van der Waals surface area (Å²) in [5.74, 6) is 0. The first-order valence-electron chi connectivity index (χ1n) is 5.86. The monoisotopic (exact) mass is 278 g/mol. The average Bonchev–Trinajstić information content (AvgIpc) is 2.70. The summed E-state index contributed by atoms with van der Waals surface area (Å²) < 4.78 is 0. The van der Waals surface area contributed by atoms with Crippen molar-refractivity contribution in [1.29, 1.82) is 0 Å². The number of nitrogens with one attached hydrogen (secondary N) is 2. The van der Waals surface area contributed by atoms with Crippen LogP contribution in [-0.2, 0) is 5.41 Å². The van der Waals surface area contributed by atoms with Crippen LogP contribution in [0.2, 0.25) is 5.02 Å². The zero-order valence-electron chi connectivity index (χ0n) is 11.0. The minimum Gasteiger partial charge on any atom is -0.299 e. The Hall–Kier alpha value is -1.88. The molecular weight excluding hydrogens is 264 g/mol. The number of nitrogens with zero attached hydrogens (tertiary/aromatic N) is 2. The fourth-order valence-corrected chi connectivity index (χ4v) is 1.73. The van der Waals surface area contributed by atoms with Gasteiger partial charge in [0, 0.05) is 10.4 Å². The third-order valence-corrected chi connectivity index (χ3v) is 2.85. The van der Waals surface area contributed by atoms with Crippen molar-refractivity contribution >= 4 is 23.0 Å². The molecule has 2 N–H and O–H groups in total. The van der Waals surface area contributed by atoms with Crippen molar-refractivity contribution in [2.45, 2.75) is 26.2 Å². The molecule has 0 unspecified atom stereocenters. The molecule has 0 saturated heterocycles. The van der Waals surface area contributed by atoms with E-state index in [0.29, 0.717) is 16.4 Å². The molecule has 1 aromatic heterocycles. The summed E-state index contributed by atoms with van der Waals surface area (Å²) in [6.07, 6.45) is 0. The molecular formula is C13H15ClN4O. The molecule has 2 rings (SSSR count). The summed E-state index contributed by atoms with van der Waals surface area (Å²) in [5, 5.41) is 14.1. The van der Waals surface area contributed by atoms with Gasteiger partial charge in [0.1, 0.15) is 0 Å². The quantitative estimate of drug-likeness (QED) is 0.799. The van der Waals surface area contributed by atoms with E-state index < -0.39 is 0 Å². The Kier molecular flexibility index (Phi) is 3.57. The molecule has 19 heavy (non-hydrogen) atoms. The molecule has 0 radical (unpaired) electrons. The van der Waals surface area contributed by atoms with Crippen LogP contribution in [0.15, 0.2) is 39.3 Å². The predicted molar refractivity (Wildman–Crippen MR) is 75.7 cm³/mol. The summed E-state index contributed by atoms with van der Waals surface area (Å²) in [5.41, 5.74) is 1.19. The Bertz CT molecular complexity index is 647. The zero-order valence-corrected chi connectivity index (χ0v) is 11.7. The summed E-state index contributed by atoms with van der Waals surface area (Å²) in [4.78, 5) is 11.7. The standard InChI is InChI=1S/C13H15ClN4O/c1-13(2,3)11-10(12(19)18-17-11)16-15-9-6-4-8(14)5-7-9/h4-7H,1-3H3,(H2,17,18,19). The highest BCUT2D eigenvalue weighted by Gasteiger charge is 2.22. The van der Waals surface area contributed by atoms with E-state index in [0.717, 1.165) is 5.69 Å². The molecule has 1 aromatic carbocycles. The molecule has 100 valence electrons. The van der Waals surface area contributed by atoms with Crippen LogP contribution < -0.4 is 5.56 Å². The molecule has 0 bridgehead atoms. The van der Waals surface area contributed by atoms with Crippen LogP contribution in [0.25, 0.3) is 0 Å². The lowest BCUT2D eigenvalue weighted by molar-refractivity contribution is 0.567. The Morgan fingerprint density at radius 3 is 2.26 bits per heavy atom. The summed E-state index contributed by atoms with van der Waals surface area (Å²) in [7, 11) is 0. The number of hydrogen-bond donors (Lipinski definition) is 2. The lowest BCUT2D eigenvalue weighted by Crippen LogP contribution is -2.12. The summed E-state index contributed by atoms with van der Waals surface area (Å²) in [6.45, 7) is 5.98. The third kappa shape index (κ3) is 3.12. The first-order valence-corrected chi connectivity index (χ1v) is 6.24. The van der Waals surface area contributed by atoms with Gasteiger partial charge < -0.3 is 0 Å². The fourth-order valence-electron chi connectivity index (χ4n) is 1.60. The Morgan fingerprint density at radius 2 is 1.68 bits per heavy atom. The number of hydrogen-bond acceptors (Lipinski definition) is 3. The van der Waals surface area contributed by atoms with Crippen molar-refractivity contribution in [2.24, 2.45) is 10.2 Å². The van der Waals surface area contributed by atoms with Gasteiger partial charge >= 0.3 is 0 Å². The molecule has 0 aliphatic heterocycles. The van der Waals surface area contributed by atoms with Crippen molar-refractivity contribution in [2.75, 3.05) is 0 Å². The van der Waals surface area contributed by atoms with E-state index in [1.807, 2.05) is 20.8 Å². The Labute approximate surface area is 115 Å². The Balaban J connectivity index is 2.36. The third-order valence-electron chi connectivity index (χ3n) is 2.60. The minimum atomic E-state index is -0.275. The van der Waals surface area contributed by atoms with Gasteiger partial charge in [0.2, 0.25) is 0 Å². The van der Waals surface area contributed by atoms with E-state index in [1.54, 1.807) is 24.3 Å². The highest BCUT2D eigenvalue weighted by Crippen LogP contribution is 2.28. The van der Waals surface area contributed by atoms with Gasteiger partial charge in [0.25, 0.3) is 5.56 Å². The van der Waals surface area contributed by atoms with E-state index in [1.165, 1.54) is 0 Å². The molecule has 5 nitrogen and oxygen atoms in total. The van der Waals surface area contributed by atoms with Crippen LogP contribution >= 0.6 is 11.6 Å². The molecule has 0 atom stereocenters. The van der Waals surface area contributed by atoms with Gasteiger partial charge in [-0.15, -0.1) is 5.11 Å². The van der Waals surface area contributed by atoms with Gasteiger partial charge in [-0.25, -0.2) is 0 Å². The predicted octanol–water partition coefficient (Wildman–Crippen LogP) is 4.07. The number of H-pyrrole nitrogens is 2. The zero-order chi connectivity index (χ0) is 14.0. The van der Waals surface area contributed by atoms with E-state index in [9.17, 15) is 4.79 Å². The molecule has 0 aliphatic carbocycles. The van der Waals surface area contributed by atoms with Crippen LogP contribution in [0.4, 0.5) is 11.4 Å². The van der Waals surface area contributed by atoms with Crippen LogP contribution in [0.1, 0.15) is 26.5 Å². The molecule has 0 spiro atoms. The van der Waals surface area contributed by atoms with E-state index in [4.69, 9.17) is 11.6 Å². The topological polar surface area (TPSA) is 73.4 Å². The summed E-state index contributed by atoms with van der Waals surface area (Å²) in [6, 6.07) is 6.93. The fraction of sp³-hybridized carbons (Fsp3) is 0.308. The van der Waals surface area contributed by atoms with Crippen LogP contribution in [0.5, 0.6) is 0 Å². The molecule has 6 heteroatoms. The normalized spacial score (nSPS) is 12.2. The van der Waals surface area contributed by atoms with Crippen molar-refractivity contribution in [3.05, 3.63) is 45.3 Å². The SMILES string of the molecule is CC(C)(C)c1[nH][nH]c(=O)c1N=Nc1ccc(Cl)cc1. The first-order chi connectivity index (χ1) is 8.88. The first kappa shape index (κ1) is 13.5. The lowest BCUT2D eigenvalue weighted by Gasteiger charge is -2.15. The number of halogens is 1. The largest absolute Gasteiger partial charge is 0.299 e. The molecule has 0 amide bonds. The second-order valence-electron chi connectivity index (χ2n) is 5.23. The number of rotatable bonds is 2. The maximum absolute atomic E-state index is 11.7. The molecule has 0 aliphatic rings. The van der Waals surface area contributed by atoms with Crippen molar-refractivity contribution in [3.63, 3.8) is 0 Å². The maximum Gasteiger partial charge on any atom is 0.292 e. The van der Waals surface area contributed by atoms with Gasteiger partial charge in [-0.2, -0.15) is 5.11 Å².